The Balaban J connectivity index is 0.963. The quantitative estimate of drug-likeness (QED) is 0.0898. The number of azo groups is 1. The van der Waals surface area contributed by atoms with Gasteiger partial charge in [-0.3, -0.25) is 9.59 Å². The first kappa shape index (κ1) is 40.3. The summed E-state index contributed by atoms with van der Waals surface area (Å²) in [6.45, 7) is -1.17. The highest BCUT2D eigenvalue weighted by Gasteiger charge is 2.45. The first-order valence-corrected chi connectivity index (χ1v) is 17.3. The van der Waals surface area contributed by atoms with E-state index in [0.717, 1.165) is 0 Å². The minimum atomic E-state index is -1.58. The monoisotopic (exact) mass is 776 g/mol. The van der Waals surface area contributed by atoms with Gasteiger partial charge in [0.25, 0.3) is 11.8 Å². The van der Waals surface area contributed by atoms with E-state index in [0.29, 0.717) is 33.9 Å². The van der Waals surface area contributed by atoms with Crippen molar-refractivity contribution in [3.63, 3.8) is 0 Å². The maximum atomic E-state index is 12.8. The second-order valence-electron chi connectivity index (χ2n) is 12.9. The third kappa shape index (κ3) is 9.52. The molecule has 10 N–H and O–H groups in total. The van der Waals surface area contributed by atoms with Crippen LogP contribution in [-0.4, -0.2) is 127 Å². The van der Waals surface area contributed by atoms with Crippen molar-refractivity contribution in [2.24, 2.45) is 10.2 Å². The van der Waals surface area contributed by atoms with E-state index in [1.165, 1.54) is 24.3 Å². The normalized spacial score (nSPS) is 27.7. The van der Waals surface area contributed by atoms with E-state index < -0.39 is 86.4 Å². The van der Waals surface area contributed by atoms with Crippen molar-refractivity contribution in [2.45, 2.75) is 61.4 Å². The van der Waals surface area contributed by atoms with Crippen LogP contribution in [0.3, 0.4) is 0 Å². The fraction of sp³-hybridized carbons (Fsp3) is 0.316. The molecule has 4 aromatic rings. The number of aliphatic hydroxyl groups excluding tert-OH is 8. The molecule has 2 fully saturated rings. The zero-order chi connectivity index (χ0) is 39.9. The van der Waals surface area contributed by atoms with Gasteiger partial charge in [-0.25, -0.2) is 0 Å². The summed E-state index contributed by atoms with van der Waals surface area (Å²) in [6.07, 6.45) is -14.2. The molecule has 2 aliphatic rings. The summed E-state index contributed by atoms with van der Waals surface area (Å²) in [5.41, 5.74) is 2.51. The van der Waals surface area contributed by atoms with E-state index in [1.54, 1.807) is 72.8 Å². The Morgan fingerprint density at radius 3 is 1.16 bits per heavy atom. The van der Waals surface area contributed by atoms with Gasteiger partial charge in [0.15, 0.2) is 0 Å². The predicted molar refractivity (Wildman–Crippen MR) is 195 cm³/mol. The Bertz CT molecular complexity index is 1800. The number of benzene rings is 4. The Labute approximate surface area is 318 Å². The number of rotatable bonds is 12. The van der Waals surface area contributed by atoms with E-state index in [1.807, 2.05) is 0 Å². The highest BCUT2D eigenvalue weighted by molar-refractivity contribution is 6.05. The number of nitrogens with zero attached hydrogens (tertiary/aromatic N) is 2. The van der Waals surface area contributed by atoms with Crippen molar-refractivity contribution in [3.05, 3.63) is 108 Å². The highest BCUT2D eigenvalue weighted by Crippen LogP contribution is 2.28. The van der Waals surface area contributed by atoms with Gasteiger partial charge in [-0.05, 0) is 97.1 Å². The van der Waals surface area contributed by atoms with Gasteiger partial charge in [0, 0.05) is 22.5 Å². The second kappa shape index (κ2) is 18.0. The standard InChI is InChI=1S/C38H40N4O14/c43-17-27-29(45)31(47)33(49)37(55-27)53-25-13-9-21(10-14-25)39-35(51)19-1-5-23(6-2-19)41-42-24-7-3-20(4-8-24)36(52)40-22-11-15-26(16-12-22)54-38-34(50)32(48)30(46)28(18-44)56-38/h1-16,27-34,37-38,43-50H,17-18H2,(H,39,51)(H,40,52)/t27-,28-,29-,30-,31+,32+,33+,34+,37+,38+/m1/s1. The van der Waals surface area contributed by atoms with Crippen LogP contribution in [0.4, 0.5) is 22.7 Å². The third-order valence-corrected chi connectivity index (χ3v) is 8.97. The molecule has 18 heteroatoms. The zero-order valence-electron chi connectivity index (χ0n) is 29.3. The number of ether oxygens (including phenoxy) is 4. The van der Waals surface area contributed by atoms with Crippen LogP contribution in [-0.2, 0) is 9.47 Å². The SMILES string of the molecule is O=C(Nc1ccc(O[C@H]2O[C@H](CO)[C@@H](O)[C@H](O)[C@@H]2O)cc1)c1ccc(N=Nc2ccc(C(=O)Nc3ccc(O[C@H]4O[C@H](CO)[C@@H](O)[C@H](O)[C@@H]4O)cc3)cc2)cc1. The fourth-order valence-corrected chi connectivity index (χ4v) is 5.71. The van der Waals surface area contributed by atoms with Crippen molar-refractivity contribution in [1.29, 1.82) is 0 Å². The number of amides is 2. The molecule has 0 bridgehead atoms. The van der Waals surface area contributed by atoms with Crippen molar-refractivity contribution in [3.8, 4) is 11.5 Å². The number of carbonyl (C=O) groups excluding carboxylic acids is 2. The summed E-state index contributed by atoms with van der Waals surface area (Å²) >= 11 is 0. The molecule has 2 amide bonds. The predicted octanol–water partition coefficient (Wildman–Crippen LogP) is 0.964. The van der Waals surface area contributed by atoms with Crippen LogP contribution in [0.5, 0.6) is 11.5 Å². The molecule has 6 rings (SSSR count). The molecule has 296 valence electrons. The van der Waals surface area contributed by atoms with E-state index in [4.69, 9.17) is 18.9 Å². The van der Waals surface area contributed by atoms with E-state index in [-0.39, 0.29) is 11.5 Å². The molecule has 0 aliphatic carbocycles. The Morgan fingerprint density at radius 2 is 0.839 bits per heavy atom. The van der Waals surface area contributed by atoms with Crippen LogP contribution in [0, 0.1) is 0 Å². The van der Waals surface area contributed by atoms with Crippen molar-refractivity contribution in [1.82, 2.24) is 0 Å². The first-order valence-electron chi connectivity index (χ1n) is 17.3. The molecule has 0 radical (unpaired) electrons. The molecule has 18 nitrogen and oxygen atoms in total. The molecule has 0 aromatic heterocycles. The highest BCUT2D eigenvalue weighted by atomic mass is 16.7. The zero-order valence-corrected chi connectivity index (χ0v) is 29.3. The van der Waals surface area contributed by atoms with Crippen LogP contribution in [0.25, 0.3) is 0 Å². The van der Waals surface area contributed by atoms with Gasteiger partial charge in [0.05, 0.1) is 24.6 Å². The summed E-state index contributed by atoms with van der Waals surface area (Å²) in [5.74, 6) is -0.313. The van der Waals surface area contributed by atoms with Crippen molar-refractivity contribution >= 4 is 34.6 Å². The second-order valence-corrected chi connectivity index (χ2v) is 12.9. The lowest BCUT2D eigenvalue weighted by Crippen LogP contribution is -2.60. The Kier molecular flexibility index (Phi) is 13.0. The molecular formula is C38H40N4O14. The Morgan fingerprint density at radius 1 is 0.500 bits per heavy atom. The average Bonchev–Trinajstić information content (AvgIpc) is 3.22. The molecule has 0 spiro atoms. The molecule has 10 atom stereocenters. The van der Waals surface area contributed by atoms with Gasteiger partial charge in [-0.15, -0.1) is 0 Å². The minimum absolute atomic E-state index is 0.244. The lowest BCUT2D eigenvalue weighted by Gasteiger charge is -2.39. The third-order valence-electron chi connectivity index (χ3n) is 8.97. The molecule has 0 saturated carbocycles. The summed E-state index contributed by atoms with van der Waals surface area (Å²) in [7, 11) is 0. The van der Waals surface area contributed by atoms with Crippen molar-refractivity contribution in [2.75, 3.05) is 23.8 Å². The van der Waals surface area contributed by atoms with Crippen LogP contribution < -0.4 is 20.1 Å². The molecule has 4 aromatic carbocycles. The Hall–Kier alpha value is -5.38. The number of hydrogen-bond donors (Lipinski definition) is 10. The molecule has 0 unspecified atom stereocenters. The average molecular weight is 777 g/mol. The molecular weight excluding hydrogens is 736 g/mol. The number of hydrogen-bond acceptors (Lipinski definition) is 16. The summed E-state index contributed by atoms with van der Waals surface area (Å²) in [6, 6.07) is 25.0. The number of nitrogens with one attached hydrogen (secondary N) is 2. The van der Waals surface area contributed by atoms with Gasteiger partial charge >= 0.3 is 0 Å². The smallest absolute Gasteiger partial charge is 0.255 e. The van der Waals surface area contributed by atoms with Gasteiger partial charge in [0.2, 0.25) is 12.6 Å². The van der Waals surface area contributed by atoms with Crippen LogP contribution >= 0.6 is 0 Å². The largest absolute Gasteiger partial charge is 0.462 e. The van der Waals surface area contributed by atoms with Gasteiger partial charge in [-0.1, -0.05) is 0 Å². The summed E-state index contributed by atoms with van der Waals surface area (Å²) in [5, 5.41) is 92.7. The van der Waals surface area contributed by atoms with Crippen LogP contribution in [0.2, 0.25) is 0 Å². The fourth-order valence-electron chi connectivity index (χ4n) is 5.71. The first-order chi connectivity index (χ1) is 26.9. The maximum Gasteiger partial charge on any atom is 0.255 e. The molecule has 2 heterocycles. The topological polar surface area (TPSA) is 282 Å². The van der Waals surface area contributed by atoms with Crippen LogP contribution in [0.1, 0.15) is 20.7 Å². The van der Waals surface area contributed by atoms with Crippen LogP contribution in [0.15, 0.2) is 107 Å². The van der Waals surface area contributed by atoms with Gasteiger partial charge < -0.3 is 70.4 Å². The molecule has 2 aliphatic heterocycles. The summed E-state index contributed by atoms with van der Waals surface area (Å²) in [4.78, 5) is 25.7. The van der Waals surface area contributed by atoms with Gasteiger partial charge in [0.1, 0.15) is 60.3 Å². The number of anilines is 2. The number of aliphatic hydroxyl groups is 8. The maximum absolute atomic E-state index is 12.8. The van der Waals surface area contributed by atoms with E-state index in [2.05, 4.69) is 20.9 Å². The van der Waals surface area contributed by atoms with Gasteiger partial charge in [-0.2, -0.15) is 10.2 Å². The lowest BCUT2D eigenvalue weighted by atomic mass is 9.99. The van der Waals surface area contributed by atoms with E-state index >= 15 is 0 Å². The molecule has 2 saturated heterocycles. The number of carbonyl (C=O) groups is 2. The summed E-state index contributed by atoms with van der Waals surface area (Å²) < 4.78 is 21.8. The van der Waals surface area contributed by atoms with Crippen molar-refractivity contribution < 1.29 is 69.4 Å². The lowest BCUT2D eigenvalue weighted by molar-refractivity contribution is -0.277. The minimum Gasteiger partial charge on any atom is -0.462 e. The molecule has 56 heavy (non-hydrogen) atoms. The van der Waals surface area contributed by atoms with E-state index in [9.17, 15) is 50.4 Å².